The topological polar surface area (TPSA) is 79.9 Å². The highest BCUT2D eigenvalue weighted by Crippen LogP contribution is 2.31. The minimum absolute atomic E-state index is 0.232. The van der Waals surface area contributed by atoms with Gasteiger partial charge in [-0.2, -0.15) is 0 Å². The highest BCUT2D eigenvalue weighted by Gasteiger charge is 2.20. The molecular weight excluding hydrogens is 388 g/mol. The van der Waals surface area contributed by atoms with Gasteiger partial charge in [-0.15, -0.1) is 0 Å². The summed E-state index contributed by atoms with van der Waals surface area (Å²) in [7, 11) is 1.63. The zero-order valence-electron chi connectivity index (χ0n) is 17.1. The summed E-state index contributed by atoms with van der Waals surface area (Å²) in [6, 6.07) is 23.0. The van der Waals surface area contributed by atoms with Crippen molar-refractivity contribution in [2.75, 3.05) is 12.4 Å². The summed E-state index contributed by atoms with van der Waals surface area (Å²) in [6.45, 7) is 1.92. The number of benzene rings is 3. The van der Waals surface area contributed by atoms with Crippen LogP contribution >= 0.6 is 0 Å². The van der Waals surface area contributed by atoms with E-state index in [-0.39, 0.29) is 5.91 Å². The quantitative estimate of drug-likeness (QED) is 0.420. The van der Waals surface area contributed by atoms with E-state index in [9.17, 15) is 4.79 Å². The number of imidazole rings is 1. The molecule has 2 heterocycles. The number of ether oxygens (including phenoxy) is 1. The Kier molecular flexibility index (Phi) is 4.59. The van der Waals surface area contributed by atoms with Crippen LogP contribution in [0.3, 0.4) is 0 Å². The Morgan fingerprint density at radius 2 is 1.61 bits per heavy atom. The Labute approximate surface area is 178 Å². The average Bonchev–Trinajstić information content (AvgIpc) is 3.21. The van der Waals surface area contributed by atoms with Gasteiger partial charge in [0, 0.05) is 10.9 Å². The summed E-state index contributed by atoms with van der Waals surface area (Å²) in [5.41, 5.74) is 5.49. The van der Waals surface area contributed by atoms with Crippen LogP contribution < -0.4 is 10.1 Å². The summed E-state index contributed by atoms with van der Waals surface area (Å²) >= 11 is 0. The van der Waals surface area contributed by atoms with E-state index >= 15 is 0 Å². The predicted molar refractivity (Wildman–Crippen MR) is 123 cm³/mol. The van der Waals surface area contributed by atoms with Gasteiger partial charge in [-0.25, -0.2) is 9.97 Å². The van der Waals surface area contributed by atoms with E-state index in [1.807, 2.05) is 79.7 Å². The highest BCUT2D eigenvalue weighted by molar-refractivity contribution is 6.14. The van der Waals surface area contributed by atoms with Crippen molar-refractivity contribution in [1.82, 2.24) is 15.0 Å². The van der Waals surface area contributed by atoms with Crippen molar-refractivity contribution in [3.63, 3.8) is 0 Å². The molecule has 152 valence electrons. The molecular formula is C25H20N4O2. The van der Waals surface area contributed by atoms with Gasteiger partial charge in [-0.3, -0.25) is 10.1 Å². The number of para-hydroxylation sites is 3. The molecule has 6 nitrogen and oxygen atoms in total. The van der Waals surface area contributed by atoms with Crippen molar-refractivity contribution in [2.45, 2.75) is 6.92 Å². The molecule has 1 amide bonds. The highest BCUT2D eigenvalue weighted by atomic mass is 16.5. The lowest BCUT2D eigenvalue weighted by Gasteiger charge is -2.14. The third-order valence-electron chi connectivity index (χ3n) is 5.35. The second-order valence-electron chi connectivity index (χ2n) is 7.26. The van der Waals surface area contributed by atoms with Crippen LogP contribution in [0.2, 0.25) is 0 Å². The Balaban J connectivity index is 1.62. The van der Waals surface area contributed by atoms with Crippen molar-refractivity contribution in [3.8, 4) is 17.0 Å². The maximum Gasteiger partial charge on any atom is 0.259 e. The zero-order chi connectivity index (χ0) is 21.4. The molecule has 3 aromatic carbocycles. The molecule has 0 fully saturated rings. The molecule has 2 aromatic heterocycles. The van der Waals surface area contributed by atoms with Crippen LogP contribution in [0.4, 0.5) is 5.95 Å². The Morgan fingerprint density at radius 1 is 0.903 bits per heavy atom. The summed E-state index contributed by atoms with van der Waals surface area (Å²) in [5, 5.41) is 3.72. The molecule has 0 bridgehead atoms. The molecule has 5 aromatic rings. The third kappa shape index (κ3) is 3.38. The number of fused-ring (bicyclic) bond motifs is 2. The molecule has 0 aliphatic carbocycles. The average molecular weight is 408 g/mol. The summed E-state index contributed by atoms with van der Waals surface area (Å²) < 4.78 is 5.26. The van der Waals surface area contributed by atoms with Crippen LogP contribution in [0.1, 0.15) is 15.9 Å². The number of nitrogens with one attached hydrogen (secondary N) is 2. The van der Waals surface area contributed by atoms with Gasteiger partial charge in [0.2, 0.25) is 5.95 Å². The molecule has 2 N–H and O–H groups in total. The number of hydrogen-bond donors (Lipinski definition) is 2. The maximum absolute atomic E-state index is 13.4. The van der Waals surface area contributed by atoms with Crippen LogP contribution in [0.25, 0.3) is 33.2 Å². The van der Waals surface area contributed by atoms with Crippen LogP contribution in [0.5, 0.6) is 5.75 Å². The molecule has 0 unspecified atom stereocenters. The van der Waals surface area contributed by atoms with Crippen LogP contribution in [0, 0.1) is 6.92 Å². The van der Waals surface area contributed by atoms with E-state index < -0.39 is 0 Å². The minimum atomic E-state index is -0.232. The SMILES string of the molecule is COc1ccc(-c2nc3ccccc3c(C(=O)Nc3nc4ccccc4[nH]3)c2C)cc1. The third-order valence-corrected chi connectivity index (χ3v) is 5.35. The Hall–Kier alpha value is -4.19. The zero-order valence-corrected chi connectivity index (χ0v) is 17.1. The number of carbonyl (C=O) groups excluding carboxylic acids is 1. The first kappa shape index (κ1) is 18.8. The first-order chi connectivity index (χ1) is 15.1. The second kappa shape index (κ2) is 7.57. The number of aromatic amines is 1. The van der Waals surface area contributed by atoms with E-state index in [4.69, 9.17) is 9.72 Å². The predicted octanol–water partition coefficient (Wildman–Crippen LogP) is 5.35. The standard InChI is InChI=1S/C25H20N4O2/c1-15-22(24(30)29-25-27-20-9-5-6-10-21(20)28-25)18-7-3-4-8-19(18)26-23(15)16-11-13-17(31-2)14-12-16/h3-14H,1-2H3,(H2,27,28,29,30). The number of amides is 1. The van der Waals surface area contributed by atoms with Crippen LogP contribution in [-0.2, 0) is 0 Å². The molecule has 5 rings (SSSR count). The normalized spacial score (nSPS) is 11.0. The minimum Gasteiger partial charge on any atom is -0.497 e. The molecule has 0 saturated carbocycles. The number of methoxy groups -OCH3 is 1. The molecule has 0 saturated heterocycles. The summed E-state index contributed by atoms with van der Waals surface area (Å²) in [4.78, 5) is 25.9. The lowest BCUT2D eigenvalue weighted by molar-refractivity contribution is 0.102. The van der Waals surface area contributed by atoms with Gasteiger partial charge in [0.1, 0.15) is 5.75 Å². The number of hydrogen-bond acceptors (Lipinski definition) is 4. The van der Waals surface area contributed by atoms with Gasteiger partial charge in [0.05, 0.1) is 34.9 Å². The van der Waals surface area contributed by atoms with E-state index in [2.05, 4.69) is 15.3 Å². The first-order valence-electron chi connectivity index (χ1n) is 9.94. The lowest BCUT2D eigenvalue weighted by atomic mass is 9.97. The molecule has 0 spiro atoms. The molecule has 31 heavy (non-hydrogen) atoms. The fourth-order valence-corrected chi connectivity index (χ4v) is 3.81. The second-order valence-corrected chi connectivity index (χ2v) is 7.26. The monoisotopic (exact) mass is 408 g/mol. The Morgan fingerprint density at radius 3 is 2.35 bits per heavy atom. The van der Waals surface area contributed by atoms with Gasteiger partial charge in [-0.1, -0.05) is 30.3 Å². The number of carbonyl (C=O) groups is 1. The van der Waals surface area contributed by atoms with Crippen molar-refractivity contribution < 1.29 is 9.53 Å². The van der Waals surface area contributed by atoms with E-state index in [1.54, 1.807) is 7.11 Å². The van der Waals surface area contributed by atoms with Crippen molar-refractivity contribution in [2.24, 2.45) is 0 Å². The Bertz CT molecular complexity index is 1390. The number of aromatic nitrogens is 3. The molecule has 0 aliphatic heterocycles. The van der Waals surface area contributed by atoms with Gasteiger partial charge >= 0.3 is 0 Å². The smallest absolute Gasteiger partial charge is 0.259 e. The van der Waals surface area contributed by atoms with Crippen LogP contribution in [0.15, 0.2) is 72.8 Å². The van der Waals surface area contributed by atoms with Gasteiger partial charge in [0.25, 0.3) is 5.91 Å². The lowest BCUT2D eigenvalue weighted by Crippen LogP contribution is -2.16. The fraction of sp³-hybridized carbons (Fsp3) is 0.0800. The number of rotatable bonds is 4. The van der Waals surface area contributed by atoms with Gasteiger partial charge < -0.3 is 9.72 Å². The number of H-pyrrole nitrogens is 1. The number of pyridine rings is 1. The maximum atomic E-state index is 13.4. The largest absolute Gasteiger partial charge is 0.497 e. The van der Waals surface area contributed by atoms with Crippen molar-refractivity contribution >= 4 is 33.8 Å². The molecule has 0 radical (unpaired) electrons. The van der Waals surface area contributed by atoms with E-state index in [0.717, 1.165) is 44.5 Å². The summed E-state index contributed by atoms with van der Waals surface area (Å²) in [6.07, 6.45) is 0. The molecule has 6 heteroatoms. The first-order valence-corrected chi connectivity index (χ1v) is 9.94. The van der Waals surface area contributed by atoms with E-state index in [0.29, 0.717) is 11.5 Å². The van der Waals surface area contributed by atoms with Gasteiger partial charge in [0.15, 0.2) is 0 Å². The van der Waals surface area contributed by atoms with Crippen molar-refractivity contribution in [3.05, 3.63) is 83.9 Å². The fourth-order valence-electron chi connectivity index (χ4n) is 3.81. The summed E-state index contributed by atoms with van der Waals surface area (Å²) in [5.74, 6) is 0.951. The van der Waals surface area contributed by atoms with Gasteiger partial charge in [-0.05, 0) is 55.0 Å². The molecule has 0 aliphatic rings. The number of anilines is 1. The number of nitrogens with zero attached hydrogens (tertiary/aromatic N) is 2. The van der Waals surface area contributed by atoms with E-state index in [1.165, 1.54) is 0 Å². The molecule has 0 atom stereocenters. The van der Waals surface area contributed by atoms with Crippen LogP contribution in [-0.4, -0.2) is 28.0 Å². The van der Waals surface area contributed by atoms with Crippen molar-refractivity contribution in [1.29, 1.82) is 0 Å².